The largest absolute Gasteiger partial charge is 0.330 e. The Morgan fingerprint density at radius 2 is 2.06 bits per heavy atom. The third-order valence-corrected chi connectivity index (χ3v) is 5.28. The highest BCUT2D eigenvalue weighted by Gasteiger charge is 2.15. The van der Waals surface area contributed by atoms with Crippen molar-refractivity contribution in [2.45, 2.75) is 25.7 Å². The van der Waals surface area contributed by atoms with Crippen molar-refractivity contribution in [1.82, 2.24) is 0 Å². The molecule has 0 aliphatic rings. The van der Waals surface area contributed by atoms with E-state index in [0.29, 0.717) is 19.4 Å². The molecule has 2 N–H and O–H groups in total. The Kier molecular flexibility index (Phi) is 6.32. The molecule has 0 bridgehead atoms. The number of benzene rings is 1. The summed E-state index contributed by atoms with van der Waals surface area (Å²) in [5.41, 5.74) is 6.84. The molecule has 1 aromatic carbocycles. The van der Waals surface area contributed by atoms with Gasteiger partial charge in [0.25, 0.3) is 0 Å². The van der Waals surface area contributed by atoms with Gasteiger partial charge >= 0.3 is 0 Å². The fourth-order valence-electron chi connectivity index (χ4n) is 1.92. The molecule has 0 spiro atoms. The Bertz CT molecular complexity index is 474. The average molecular weight is 334 g/mol. The number of hydrogen-bond acceptors (Lipinski definition) is 3. The van der Waals surface area contributed by atoms with Crippen molar-refractivity contribution >= 4 is 25.8 Å². The molecule has 5 heteroatoms. The minimum atomic E-state index is -2.92. The predicted octanol–water partition coefficient (Wildman–Crippen LogP) is 2.71. The minimum absolute atomic E-state index is 0.106. The molecular formula is C13H20BrNO2S. The van der Waals surface area contributed by atoms with Gasteiger partial charge in [-0.25, -0.2) is 8.42 Å². The summed E-state index contributed by atoms with van der Waals surface area (Å²) >= 11 is 3.42. The molecule has 0 aliphatic heterocycles. The van der Waals surface area contributed by atoms with E-state index >= 15 is 0 Å². The zero-order chi connectivity index (χ0) is 13.6. The Balaban J connectivity index is 2.69. The van der Waals surface area contributed by atoms with Crippen LogP contribution < -0.4 is 5.73 Å². The lowest BCUT2D eigenvalue weighted by atomic mass is 9.97. The SMILES string of the molecule is CCCS(=O)(=O)CCC(CN)c1cccc(Br)c1. The summed E-state index contributed by atoms with van der Waals surface area (Å²) in [6.07, 6.45) is 1.27. The van der Waals surface area contributed by atoms with Gasteiger partial charge in [-0.15, -0.1) is 0 Å². The maximum atomic E-state index is 11.7. The van der Waals surface area contributed by atoms with Crippen LogP contribution in [0.4, 0.5) is 0 Å². The molecular weight excluding hydrogens is 314 g/mol. The molecule has 18 heavy (non-hydrogen) atoms. The van der Waals surface area contributed by atoms with Crippen LogP contribution in [0.2, 0.25) is 0 Å². The Morgan fingerprint density at radius 1 is 1.33 bits per heavy atom. The van der Waals surface area contributed by atoms with Crippen molar-refractivity contribution in [1.29, 1.82) is 0 Å². The molecule has 102 valence electrons. The van der Waals surface area contributed by atoms with E-state index in [0.717, 1.165) is 10.0 Å². The standard InChI is InChI=1S/C13H20BrNO2S/c1-2-7-18(16,17)8-6-12(10-15)11-4-3-5-13(14)9-11/h3-5,9,12H,2,6-8,10,15H2,1H3. The molecule has 1 unspecified atom stereocenters. The molecule has 0 heterocycles. The van der Waals surface area contributed by atoms with Gasteiger partial charge < -0.3 is 5.73 Å². The van der Waals surface area contributed by atoms with E-state index < -0.39 is 9.84 Å². The highest BCUT2D eigenvalue weighted by atomic mass is 79.9. The molecule has 1 aromatic rings. The van der Waals surface area contributed by atoms with Gasteiger partial charge in [0.2, 0.25) is 0 Å². The van der Waals surface area contributed by atoms with Crippen LogP contribution in [0.5, 0.6) is 0 Å². The third kappa shape index (κ3) is 5.08. The second kappa shape index (κ2) is 7.26. The van der Waals surface area contributed by atoms with E-state index in [1.54, 1.807) is 0 Å². The molecule has 0 radical (unpaired) electrons. The second-order valence-electron chi connectivity index (χ2n) is 4.43. The monoisotopic (exact) mass is 333 g/mol. The first kappa shape index (κ1) is 15.7. The van der Waals surface area contributed by atoms with E-state index in [9.17, 15) is 8.42 Å². The maximum Gasteiger partial charge on any atom is 0.150 e. The summed E-state index contributed by atoms with van der Waals surface area (Å²) in [5.74, 6) is 0.590. The van der Waals surface area contributed by atoms with E-state index in [2.05, 4.69) is 15.9 Å². The number of nitrogens with two attached hydrogens (primary N) is 1. The lowest BCUT2D eigenvalue weighted by Gasteiger charge is -2.15. The van der Waals surface area contributed by atoms with E-state index in [1.165, 1.54) is 0 Å². The molecule has 0 fully saturated rings. The smallest absolute Gasteiger partial charge is 0.150 e. The lowest BCUT2D eigenvalue weighted by molar-refractivity contribution is 0.583. The van der Waals surface area contributed by atoms with Crippen LogP contribution in [0.3, 0.4) is 0 Å². The molecule has 0 saturated carbocycles. The highest BCUT2D eigenvalue weighted by molar-refractivity contribution is 9.10. The zero-order valence-corrected chi connectivity index (χ0v) is 13.0. The Labute approximate surface area is 118 Å². The van der Waals surface area contributed by atoms with E-state index in [-0.39, 0.29) is 17.4 Å². The van der Waals surface area contributed by atoms with Gasteiger partial charge in [0.15, 0.2) is 0 Å². The topological polar surface area (TPSA) is 60.2 Å². The second-order valence-corrected chi connectivity index (χ2v) is 7.65. The summed E-state index contributed by atoms with van der Waals surface area (Å²) in [6, 6.07) is 7.90. The third-order valence-electron chi connectivity index (χ3n) is 2.90. The average Bonchev–Trinajstić information content (AvgIpc) is 2.29. The van der Waals surface area contributed by atoms with E-state index in [4.69, 9.17) is 5.73 Å². The van der Waals surface area contributed by atoms with E-state index in [1.807, 2.05) is 31.2 Å². The van der Waals surface area contributed by atoms with Crippen LogP contribution in [-0.4, -0.2) is 26.5 Å². The van der Waals surface area contributed by atoms with Gasteiger partial charge in [-0.3, -0.25) is 0 Å². The van der Waals surface area contributed by atoms with Gasteiger partial charge in [0.05, 0.1) is 5.75 Å². The van der Waals surface area contributed by atoms with Gasteiger partial charge in [-0.05, 0) is 43.0 Å². The number of hydrogen-bond donors (Lipinski definition) is 1. The summed E-state index contributed by atoms with van der Waals surface area (Å²) in [5, 5.41) is 0. The quantitative estimate of drug-likeness (QED) is 0.834. The fourth-order valence-corrected chi connectivity index (χ4v) is 3.80. The predicted molar refractivity (Wildman–Crippen MR) is 79.5 cm³/mol. The van der Waals surface area contributed by atoms with Gasteiger partial charge in [0, 0.05) is 10.2 Å². The van der Waals surface area contributed by atoms with Gasteiger partial charge in [0.1, 0.15) is 9.84 Å². The summed E-state index contributed by atoms with van der Waals surface area (Å²) in [6.45, 7) is 2.35. The van der Waals surface area contributed by atoms with Crippen molar-refractivity contribution in [3.05, 3.63) is 34.3 Å². The molecule has 3 nitrogen and oxygen atoms in total. The van der Waals surface area contributed by atoms with Crippen molar-refractivity contribution < 1.29 is 8.42 Å². The van der Waals surface area contributed by atoms with Crippen LogP contribution in [0.15, 0.2) is 28.7 Å². The highest BCUT2D eigenvalue weighted by Crippen LogP contribution is 2.22. The van der Waals surface area contributed by atoms with Gasteiger partial charge in [-0.1, -0.05) is 35.0 Å². The van der Waals surface area contributed by atoms with Crippen molar-refractivity contribution in [2.75, 3.05) is 18.1 Å². The molecule has 0 aliphatic carbocycles. The van der Waals surface area contributed by atoms with Crippen molar-refractivity contribution in [3.63, 3.8) is 0 Å². The van der Waals surface area contributed by atoms with Crippen LogP contribution >= 0.6 is 15.9 Å². The molecule has 0 saturated heterocycles. The molecule has 1 rings (SSSR count). The summed E-state index contributed by atoms with van der Waals surface area (Å²) in [4.78, 5) is 0. The number of rotatable bonds is 7. The Morgan fingerprint density at radius 3 is 2.61 bits per heavy atom. The number of halogens is 1. The van der Waals surface area contributed by atoms with Crippen LogP contribution in [-0.2, 0) is 9.84 Å². The van der Waals surface area contributed by atoms with Crippen LogP contribution in [0.1, 0.15) is 31.2 Å². The van der Waals surface area contributed by atoms with Crippen molar-refractivity contribution in [3.8, 4) is 0 Å². The lowest BCUT2D eigenvalue weighted by Crippen LogP contribution is -2.18. The molecule has 0 aromatic heterocycles. The first-order chi connectivity index (χ1) is 8.48. The van der Waals surface area contributed by atoms with Gasteiger partial charge in [-0.2, -0.15) is 0 Å². The first-order valence-electron chi connectivity index (χ1n) is 6.14. The summed E-state index contributed by atoms with van der Waals surface area (Å²) < 4.78 is 24.4. The zero-order valence-electron chi connectivity index (χ0n) is 10.6. The maximum absolute atomic E-state index is 11.7. The Hall–Kier alpha value is -0.390. The van der Waals surface area contributed by atoms with Crippen molar-refractivity contribution in [2.24, 2.45) is 5.73 Å². The van der Waals surface area contributed by atoms with Crippen LogP contribution in [0, 0.1) is 0 Å². The number of sulfone groups is 1. The summed E-state index contributed by atoms with van der Waals surface area (Å²) in [7, 11) is -2.92. The first-order valence-corrected chi connectivity index (χ1v) is 8.76. The molecule has 0 amide bonds. The van der Waals surface area contributed by atoms with Crippen LogP contribution in [0.25, 0.3) is 0 Å². The minimum Gasteiger partial charge on any atom is -0.330 e. The molecule has 1 atom stereocenters. The fraction of sp³-hybridized carbons (Fsp3) is 0.538. The normalized spacial score (nSPS) is 13.5.